The van der Waals surface area contributed by atoms with Gasteiger partial charge < -0.3 is 9.16 Å². The van der Waals surface area contributed by atoms with Crippen LogP contribution in [-0.4, -0.2) is 41.6 Å². The summed E-state index contributed by atoms with van der Waals surface area (Å²) in [7, 11) is -1.70. The Kier molecular flexibility index (Phi) is 7.03. The molecule has 0 aliphatic carbocycles. The lowest BCUT2D eigenvalue weighted by molar-refractivity contribution is 0.0483. The molecule has 0 saturated carbocycles. The van der Waals surface area contributed by atoms with Gasteiger partial charge in [-0.2, -0.15) is 0 Å². The first-order valence-electron chi connectivity index (χ1n) is 12.2. The van der Waals surface area contributed by atoms with Crippen molar-refractivity contribution in [2.45, 2.75) is 76.9 Å². The molecule has 1 aromatic carbocycles. The van der Waals surface area contributed by atoms with Crippen LogP contribution in [0.2, 0.25) is 18.1 Å². The molecule has 1 aromatic heterocycles. The number of nitrogens with zero attached hydrogens (tertiary/aromatic N) is 3. The van der Waals surface area contributed by atoms with Gasteiger partial charge in [-0.3, -0.25) is 0 Å². The van der Waals surface area contributed by atoms with Crippen molar-refractivity contribution < 1.29 is 9.16 Å². The topological polar surface area (TPSA) is 67.4 Å². The van der Waals surface area contributed by atoms with Crippen molar-refractivity contribution in [3.63, 3.8) is 0 Å². The van der Waals surface area contributed by atoms with Crippen molar-refractivity contribution in [1.82, 2.24) is 13.9 Å². The Balaban J connectivity index is 1.41. The minimum atomic E-state index is -1.70. The average Bonchev–Trinajstić information content (AvgIpc) is 3.06. The highest BCUT2D eigenvalue weighted by Gasteiger charge is 2.37. The van der Waals surface area contributed by atoms with Gasteiger partial charge in [0.2, 0.25) is 0 Å². The second-order valence-electron chi connectivity index (χ2n) is 10.7. The Labute approximate surface area is 202 Å². The van der Waals surface area contributed by atoms with Gasteiger partial charge in [0.25, 0.3) is 0 Å². The molecule has 0 amide bonds. The minimum Gasteiger partial charge on any atom is -0.417 e. The van der Waals surface area contributed by atoms with E-state index in [2.05, 4.69) is 46.0 Å². The Morgan fingerprint density at radius 1 is 1.15 bits per heavy atom. The van der Waals surface area contributed by atoms with E-state index in [-0.39, 0.29) is 28.6 Å². The summed E-state index contributed by atoms with van der Waals surface area (Å²) >= 11 is 0. The summed E-state index contributed by atoms with van der Waals surface area (Å²) in [4.78, 5) is 26.3. The molecule has 184 valence electrons. The first-order valence-corrected chi connectivity index (χ1v) is 15.1. The third-order valence-electron chi connectivity index (χ3n) is 7.38. The molecule has 7 nitrogen and oxygen atoms in total. The molecule has 0 radical (unpaired) electrons. The van der Waals surface area contributed by atoms with Crippen LogP contribution in [0.3, 0.4) is 0 Å². The van der Waals surface area contributed by atoms with Gasteiger partial charge in [-0.15, -0.1) is 0 Å². The number of unbranched alkanes of at least 4 members (excludes halogenated alkanes) is 1. The van der Waals surface area contributed by atoms with Crippen LogP contribution in [-0.2, 0) is 15.7 Å². The highest BCUT2D eigenvalue weighted by atomic mass is 28.4. The lowest BCUT2D eigenvalue weighted by atomic mass is 9.96. The molecule has 1 saturated heterocycles. The predicted molar refractivity (Wildman–Crippen MR) is 137 cm³/mol. The number of para-hydroxylation sites is 1. The molecular weight excluding hydrogens is 446 g/mol. The van der Waals surface area contributed by atoms with E-state index in [9.17, 15) is 9.59 Å². The molecule has 2 atom stereocenters. The molecule has 8 heteroatoms. The fraction of sp³-hybridized carbons (Fsp3) is 0.538. The van der Waals surface area contributed by atoms with Crippen LogP contribution in [0.5, 0.6) is 0 Å². The van der Waals surface area contributed by atoms with Crippen LogP contribution < -0.4 is 11.4 Å². The van der Waals surface area contributed by atoms with Crippen LogP contribution >= 0.6 is 0 Å². The highest BCUT2D eigenvalue weighted by molar-refractivity contribution is 6.74. The normalized spacial score (nSPS) is 20.8. The molecule has 2 aromatic rings. The molecule has 4 rings (SSSR count). The van der Waals surface area contributed by atoms with Gasteiger partial charge in [0.05, 0.1) is 31.0 Å². The van der Waals surface area contributed by atoms with E-state index in [0.29, 0.717) is 25.3 Å². The van der Waals surface area contributed by atoms with Gasteiger partial charge in [0.15, 0.2) is 8.32 Å². The SMILES string of the molecule is CC(C)(C)[Si](C)(C)OCCC/C=C/[C@@H]1C[C@@H]2C(=CCn3c(=O)n(-c4ccccc4)c(=O)n32)CO1. The van der Waals surface area contributed by atoms with E-state index in [1.54, 1.807) is 21.5 Å². The summed E-state index contributed by atoms with van der Waals surface area (Å²) in [5.74, 6) is 0. The standard InChI is InChI=1S/C26H37N3O4Si/c1-26(2,3)34(4,5)33-17-11-7-10-14-22-18-23-20(19-32-22)15-16-27-24(30)28(25(31)29(23)27)21-12-8-6-9-13-21/h6,8-10,12-15,22-23H,7,11,16-19H2,1-5H3/b14-10+/t22-,23-/m1/s1. The number of allylic oxidation sites excluding steroid dienone is 2. The first kappa shape index (κ1) is 24.7. The zero-order valence-corrected chi connectivity index (χ0v) is 22.0. The summed E-state index contributed by atoms with van der Waals surface area (Å²) < 4.78 is 16.7. The molecule has 2 aliphatic heterocycles. The maximum absolute atomic E-state index is 13.3. The number of hydrogen-bond acceptors (Lipinski definition) is 4. The Hall–Kier alpha value is -2.42. The number of rotatable bonds is 7. The predicted octanol–water partition coefficient (Wildman–Crippen LogP) is 4.43. The van der Waals surface area contributed by atoms with E-state index in [1.165, 1.54) is 4.57 Å². The molecular formula is C26H37N3O4Si. The minimum absolute atomic E-state index is 0.0860. The van der Waals surface area contributed by atoms with Gasteiger partial charge in [-0.05, 0) is 48.7 Å². The van der Waals surface area contributed by atoms with Gasteiger partial charge >= 0.3 is 11.4 Å². The second kappa shape index (κ2) is 9.68. The summed E-state index contributed by atoms with van der Waals surface area (Å²) in [6.07, 6.45) is 8.74. The fourth-order valence-corrected chi connectivity index (χ4v) is 5.37. The third kappa shape index (κ3) is 4.85. The number of fused-ring (bicyclic) bond motifs is 3. The fourth-order valence-electron chi connectivity index (χ4n) is 4.28. The summed E-state index contributed by atoms with van der Waals surface area (Å²) in [6.45, 7) is 13.0. The Morgan fingerprint density at radius 3 is 2.59 bits per heavy atom. The second-order valence-corrected chi connectivity index (χ2v) is 15.5. The van der Waals surface area contributed by atoms with Crippen LogP contribution in [0.1, 0.15) is 46.1 Å². The number of benzene rings is 1. The first-order chi connectivity index (χ1) is 16.1. The van der Waals surface area contributed by atoms with Crippen LogP contribution in [0.15, 0.2) is 63.7 Å². The van der Waals surface area contributed by atoms with Crippen molar-refractivity contribution in [3.8, 4) is 5.69 Å². The molecule has 0 unspecified atom stereocenters. The van der Waals surface area contributed by atoms with E-state index >= 15 is 0 Å². The summed E-state index contributed by atoms with van der Waals surface area (Å²) in [5, 5.41) is 0.225. The van der Waals surface area contributed by atoms with Gasteiger partial charge in [0.1, 0.15) is 0 Å². The van der Waals surface area contributed by atoms with Gasteiger partial charge in [-0.25, -0.2) is 23.5 Å². The lowest BCUT2D eigenvalue weighted by Crippen LogP contribution is -2.40. The van der Waals surface area contributed by atoms with Crippen molar-refractivity contribution in [2.75, 3.05) is 13.2 Å². The molecule has 2 aliphatic rings. The summed E-state index contributed by atoms with van der Waals surface area (Å²) in [5.41, 5.74) is 1.07. The van der Waals surface area contributed by atoms with Crippen molar-refractivity contribution in [1.29, 1.82) is 0 Å². The molecule has 1 fully saturated rings. The molecule has 0 bridgehead atoms. The molecule has 34 heavy (non-hydrogen) atoms. The number of hydrogen-bond donors (Lipinski definition) is 0. The maximum atomic E-state index is 13.3. The third-order valence-corrected chi connectivity index (χ3v) is 11.9. The Morgan fingerprint density at radius 2 is 1.88 bits per heavy atom. The van der Waals surface area contributed by atoms with E-state index < -0.39 is 8.32 Å². The largest absolute Gasteiger partial charge is 0.417 e. The van der Waals surface area contributed by atoms with Crippen molar-refractivity contribution in [3.05, 3.63) is 75.1 Å². The smallest absolute Gasteiger partial charge is 0.352 e. The quantitative estimate of drug-likeness (QED) is 0.332. The van der Waals surface area contributed by atoms with Gasteiger partial charge in [-0.1, -0.05) is 57.2 Å². The van der Waals surface area contributed by atoms with E-state index in [4.69, 9.17) is 9.16 Å². The Bertz CT molecular complexity index is 1180. The monoisotopic (exact) mass is 483 g/mol. The zero-order valence-electron chi connectivity index (χ0n) is 21.0. The number of aromatic nitrogens is 3. The van der Waals surface area contributed by atoms with E-state index in [0.717, 1.165) is 25.0 Å². The molecule has 0 N–H and O–H groups in total. The molecule has 3 heterocycles. The number of ether oxygens (including phenoxy) is 1. The average molecular weight is 484 g/mol. The zero-order chi connectivity index (χ0) is 24.5. The maximum Gasteiger partial charge on any atom is 0.352 e. The summed E-state index contributed by atoms with van der Waals surface area (Å²) in [6, 6.07) is 8.94. The molecule has 0 spiro atoms. The van der Waals surface area contributed by atoms with Crippen LogP contribution in [0.25, 0.3) is 5.69 Å². The van der Waals surface area contributed by atoms with Gasteiger partial charge in [0, 0.05) is 13.0 Å². The van der Waals surface area contributed by atoms with Crippen molar-refractivity contribution in [2.24, 2.45) is 0 Å². The van der Waals surface area contributed by atoms with E-state index in [1.807, 2.05) is 24.3 Å². The highest BCUT2D eigenvalue weighted by Crippen LogP contribution is 2.36. The van der Waals surface area contributed by atoms with Crippen LogP contribution in [0, 0.1) is 0 Å². The lowest BCUT2D eigenvalue weighted by Gasteiger charge is -2.36. The van der Waals surface area contributed by atoms with Crippen LogP contribution in [0.4, 0.5) is 0 Å². The van der Waals surface area contributed by atoms with Crippen molar-refractivity contribution >= 4 is 8.32 Å².